The second-order valence-corrected chi connectivity index (χ2v) is 38.3. The zero-order valence-electron chi connectivity index (χ0n) is 78.7. The number of rotatable bonds is 12. The molecule has 30 aromatic rings. The molecule has 0 fully saturated rings. The predicted octanol–water partition coefficient (Wildman–Crippen LogP) is 38.1. The van der Waals surface area contributed by atoms with Crippen LogP contribution in [0.3, 0.4) is 0 Å². The molecule has 674 valence electrons. The Kier molecular flexibility index (Phi) is 18.4. The van der Waals surface area contributed by atoms with E-state index in [4.69, 9.17) is 4.42 Å². The van der Waals surface area contributed by atoms with Gasteiger partial charge in [0.25, 0.3) is 0 Å². The number of hydrogen-bond donors (Lipinski definition) is 0. The van der Waals surface area contributed by atoms with Crippen molar-refractivity contribution in [3.63, 3.8) is 0 Å². The SMILES string of the molecule is c1ccc(-c2cc3c4ccccc4n4c5ccccc5c5cccc6c5c(c2n6-c2cccc(-c5cccc6oc7ccccc7c56)c2)c34)cc1.c1ccc(-c2ccc3c4c2-c2ccccc2-c2cccc5ccc(c4c25)n3-c2cccc(N(c3ccccc3)c3ccccc3)c2)cc1.c1ccc(N(c2ccccc2)c2cccc(-n3c4cccc5c4c4c6c(cccc6c6ccccc6c43)-c3ccccc3-5)c2)cc1. The smallest absolute Gasteiger partial charge is 0.136 e. The lowest BCUT2D eigenvalue weighted by Crippen LogP contribution is -2.10. The first-order chi connectivity index (χ1) is 72.0. The van der Waals surface area contributed by atoms with Crippen LogP contribution in [0.4, 0.5) is 34.1 Å². The molecule has 0 aliphatic heterocycles. The molecule has 0 unspecified atom stereocenters. The van der Waals surface area contributed by atoms with E-state index in [2.05, 4.69) is 544 Å². The van der Waals surface area contributed by atoms with E-state index in [0.717, 1.165) is 78.7 Å². The monoisotopic (exact) mass is 1840 g/mol. The van der Waals surface area contributed by atoms with E-state index in [0.29, 0.717) is 0 Å². The molecule has 7 nitrogen and oxygen atoms in total. The Morgan fingerprint density at radius 2 is 0.552 bits per heavy atom. The molecule has 24 aromatic carbocycles. The topological polar surface area (TPSA) is 38.8 Å². The van der Waals surface area contributed by atoms with Crippen LogP contribution in [0.15, 0.2) is 526 Å². The van der Waals surface area contributed by atoms with E-state index in [1.807, 2.05) is 6.07 Å². The Balaban J connectivity index is 0.000000101. The van der Waals surface area contributed by atoms with Gasteiger partial charge in [0, 0.05) is 132 Å². The standard InChI is InChI=1S/C48H28N2O.C46H30N2.C44H28N2/c1-2-13-29(14-3-1)37-28-38-34-18-5-8-23-40(34)50-39-22-7-4-17-33(39)35-21-11-24-41-45(35)46(48(38)50)47(37)49(41)31-16-10-15-30(27-31)32-20-12-26-43-44(32)36-19-6-9-25-42(36)51-43;1-4-14-31(15-5-1)37-27-29-42-46-44(37)40-24-11-10-23-38(40)39-25-12-16-32-26-28-41(45(46)43(32)39)48(42)36-22-13-21-35(30-36)47(33-17-6-2-7-18-33)34-19-8-3-9-20-34;1-3-14-29(15-4-1)45(30-16-5-2-6-17-30)31-18-11-19-32(28-31)46-40-27-13-26-38-34-21-8-7-20-33(34)36-24-12-25-37-35-22-9-10-23-39(35)44(46)43(41(36)37)42(38)40/h1-28H;1-30H;1-28H. The molecule has 6 aromatic heterocycles. The van der Waals surface area contributed by atoms with Crippen LogP contribution in [0.1, 0.15) is 0 Å². The van der Waals surface area contributed by atoms with E-state index >= 15 is 0 Å². The summed E-state index contributed by atoms with van der Waals surface area (Å²) in [7, 11) is 0. The Labute approximate surface area is 834 Å². The number of hydrogen-bond acceptors (Lipinski definition) is 3. The molecule has 0 saturated heterocycles. The van der Waals surface area contributed by atoms with Crippen LogP contribution < -0.4 is 9.80 Å². The summed E-state index contributed by atoms with van der Waals surface area (Å²) in [4.78, 5) is 4.68. The van der Waals surface area contributed by atoms with Gasteiger partial charge in [-0.3, -0.25) is 0 Å². The minimum absolute atomic E-state index is 0.906. The van der Waals surface area contributed by atoms with Crippen molar-refractivity contribution in [1.29, 1.82) is 0 Å². The van der Waals surface area contributed by atoms with Gasteiger partial charge in [0.1, 0.15) is 11.2 Å². The minimum atomic E-state index is 0.906. The van der Waals surface area contributed by atoms with Crippen molar-refractivity contribution in [2.24, 2.45) is 0 Å². The fraction of sp³-hybridized carbons (Fsp3) is 0. The number of para-hydroxylation sites is 7. The van der Waals surface area contributed by atoms with Gasteiger partial charge in [-0.25, -0.2) is 0 Å². The average molecular weight is 1840 g/mol. The molecule has 0 atom stereocenters. The quantitative estimate of drug-likeness (QED) is 0.114. The fourth-order valence-electron chi connectivity index (χ4n) is 24.8. The van der Waals surface area contributed by atoms with Gasteiger partial charge in [-0.1, -0.05) is 370 Å². The highest BCUT2D eigenvalue weighted by atomic mass is 16.3. The van der Waals surface area contributed by atoms with Crippen molar-refractivity contribution < 1.29 is 4.42 Å². The summed E-state index contributed by atoms with van der Waals surface area (Å²) in [5, 5.41) is 23.0. The second kappa shape index (κ2) is 32.6. The number of benzene rings is 24. The van der Waals surface area contributed by atoms with E-state index in [-0.39, 0.29) is 0 Å². The van der Waals surface area contributed by atoms with Gasteiger partial charge in [0.05, 0.1) is 49.7 Å². The van der Waals surface area contributed by atoms with E-state index < -0.39 is 0 Å². The van der Waals surface area contributed by atoms with Crippen LogP contribution in [0.5, 0.6) is 0 Å². The Bertz CT molecular complexity index is 10500. The highest BCUT2D eigenvalue weighted by Crippen LogP contribution is 2.58. The molecule has 2 aliphatic carbocycles. The first-order valence-corrected chi connectivity index (χ1v) is 49.9. The first kappa shape index (κ1) is 81.6. The summed E-state index contributed by atoms with van der Waals surface area (Å²) in [6, 6.07) is 190. The third-order valence-corrected chi connectivity index (χ3v) is 30.6. The summed E-state index contributed by atoms with van der Waals surface area (Å²) in [6.07, 6.45) is 0. The van der Waals surface area contributed by atoms with E-state index in [1.54, 1.807) is 0 Å². The number of fused-ring (bicyclic) bond motifs is 18. The van der Waals surface area contributed by atoms with Crippen molar-refractivity contribution in [2.45, 2.75) is 0 Å². The van der Waals surface area contributed by atoms with Gasteiger partial charge in [-0.05, 0) is 245 Å². The first-order valence-electron chi connectivity index (χ1n) is 49.9. The molecule has 0 bridgehead atoms. The lowest BCUT2D eigenvalue weighted by Gasteiger charge is -2.26. The van der Waals surface area contributed by atoms with Gasteiger partial charge in [-0.15, -0.1) is 0 Å². The molecule has 145 heavy (non-hydrogen) atoms. The molecule has 0 spiro atoms. The Morgan fingerprint density at radius 3 is 1.19 bits per heavy atom. The van der Waals surface area contributed by atoms with Crippen molar-refractivity contribution in [1.82, 2.24) is 18.1 Å². The second-order valence-electron chi connectivity index (χ2n) is 38.3. The van der Waals surface area contributed by atoms with Crippen LogP contribution in [0.25, 0.3) is 253 Å². The van der Waals surface area contributed by atoms with Crippen molar-refractivity contribution in [3.05, 3.63) is 522 Å². The van der Waals surface area contributed by atoms with Gasteiger partial charge in [-0.2, -0.15) is 0 Å². The van der Waals surface area contributed by atoms with Crippen LogP contribution in [0.2, 0.25) is 0 Å². The molecule has 0 N–H and O–H groups in total. The zero-order valence-corrected chi connectivity index (χ0v) is 78.7. The Hall–Kier alpha value is -19.3. The molecule has 0 amide bonds. The number of anilines is 6. The summed E-state index contributed by atoms with van der Waals surface area (Å²) in [6.45, 7) is 0. The zero-order chi connectivity index (χ0) is 95.0. The minimum Gasteiger partial charge on any atom is -0.456 e. The lowest BCUT2D eigenvalue weighted by atomic mass is 9.88. The van der Waals surface area contributed by atoms with E-state index in [1.165, 1.54) is 208 Å². The van der Waals surface area contributed by atoms with Crippen LogP contribution in [-0.4, -0.2) is 18.1 Å². The summed E-state index contributed by atoms with van der Waals surface area (Å²) in [5.41, 5.74) is 40.5. The van der Waals surface area contributed by atoms with Crippen LogP contribution in [0, 0.1) is 0 Å². The number of furan rings is 1. The molecule has 7 heteroatoms. The van der Waals surface area contributed by atoms with Gasteiger partial charge in [0.2, 0.25) is 0 Å². The highest BCUT2D eigenvalue weighted by molar-refractivity contribution is 6.40. The molecular weight excluding hydrogens is 1760 g/mol. The lowest BCUT2D eigenvalue weighted by molar-refractivity contribution is 0.669. The summed E-state index contributed by atoms with van der Waals surface area (Å²) < 4.78 is 16.3. The summed E-state index contributed by atoms with van der Waals surface area (Å²) >= 11 is 0. The molecule has 0 saturated carbocycles. The predicted molar refractivity (Wildman–Crippen MR) is 611 cm³/mol. The maximum Gasteiger partial charge on any atom is 0.136 e. The normalized spacial score (nSPS) is 12.0. The Morgan fingerprint density at radius 1 is 0.159 bits per heavy atom. The van der Waals surface area contributed by atoms with Crippen molar-refractivity contribution in [2.75, 3.05) is 9.80 Å². The van der Waals surface area contributed by atoms with Crippen molar-refractivity contribution >= 4 is 192 Å². The molecule has 32 rings (SSSR count). The maximum absolute atomic E-state index is 6.31. The number of nitrogens with zero attached hydrogens (tertiary/aromatic N) is 6. The molecule has 0 radical (unpaired) electrons. The molecule has 6 heterocycles. The van der Waals surface area contributed by atoms with Gasteiger partial charge >= 0.3 is 0 Å². The van der Waals surface area contributed by atoms with Gasteiger partial charge < -0.3 is 32.3 Å². The largest absolute Gasteiger partial charge is 0.456 e. The highest BCUT2D eigenvalue weighted by Gasteiger charge is 2.33. The third-order valence-electron chi connectivity index (χ3n) is 30.6. The maximum atomic E-state index is 6.31. The average Bonchev–Trinajstić information content (AvgIpc) is 1.51. The third kappa shape index (κ3) is 12.4. The van der Waals surface area contributed by atoms with Crippen LogP contribution >= 0.6 is 0 Å². The van der Waals surface area contributed by atoms with Crippen LogP contribution in [-0.2, 0) is 0 Å². The fourth-order valence-corrected chi connectivity index (χ4v) is 24.8. The number of aromatic nitrogens is 4. The van der Waals surface area contributed by atoms with E-state index in [9.17, 15) is 0 Å². The van der Waals surface area contributed by atoms with Gasteiger partial charge in [0.15, 0.2) is 0 Å². The van der Waals surface area contributed by atoms with Crippen molar-refractivity contribution in [3.8, 4) is 95.0 Å². The molecule has 2 aliphatic rings. The molecular formula is C138H86N6O. The summed E-state index contributed by atoms with van der Waals surface area (Å²) in [5.74, 6) is 0.